The number of hydrogen-bond acceptors (Lipinski definition) is 4. The van der Waals surface area contributed by atoms with Crippen LogP contribution in [0, 0.1) is 0 Å². The first-order valence-corrected chi connectivity index (χ1v) is 6.44. The van der Waals surface area contributed by atoms with Crippen LogP contribution in [0.3, 0.4) is 0 Å². The molecule has 0 bridgehead atoms. The molecule has 4 nitrogen and oxygen atoms in total. The highest BCUT2D eigenvalue weighted by Gasteiger charge is 2.27. The van der Waals surface area contributed by atoms with Gasteiger partial charge in [0.15, 0.2) is 20.3 Å². The fraction of sp³-hybridized carbons (Fsp3) is 0.222. The van der Waals surface area contributed by atoms with Crippen molar-refractivity contribution in [2.24, 2.45) is 0 Å². The minimum absolute atomic E-state index is 0.195. The predicted molar refractivity (Wildman–Crippen MR) is 59.7 cm³/mol. The Kier molecular flexibility index (Phi) is 3.36. The minimum Gasteiger partial charge on any atom is -0.399 e. The standard InChI is InChI=1S/C9H10ClNO3S/c1-15(13,14)9(10)8(12)6-3-2-4-7(11)5-6/h2-5,9H,11H2,1H3. The maximum absolute atomic E-state index is 11.6. The second-order valence-corrected chi connectivity index (χ2v) is 5.96. The van der Waals surface area contributed by atoms with Crippen LogP contribution in [0.2, 0.25) is 0 Å². The highest BCUT2D eigenvalue weighted by Crippen LogP contribution is 2.15. The molecular weight excluding hydrogens is 238 g/mol. The van der Waals surface area contributed by atoms with Gasteiger partial charge in [-0.1, -0.05) is 23.7 Å². The van der Waals surface area contributed by atoms with Crippen molar-refractivity contribution in [3.05, 3.63) is 29.8 Å². The van der Waals surface area contributed by atoms with Crippen LogP contribution in [0.25, 0.3) is 0 Å². The number of halogens is 1. The Morgan fingerprint density at radius 3 is 2.53 bits per heavy atom. The number of alkyl halides is 1. The van der Waals surface area contributed by atoms with Gasteiger partial charge in [-0.2, -0.15) is 0 Å². The van der Waals surface area contributed by atoms with E-state index in [-0.39, 0.29) is 5.56 Å². The van der Waals surface area contributed by atoms with Gasteiger partial charge >= 0.3 is 0 Å². The third-order valence-electron chi connectivity index (χ3n) is 1.75. The molecule has 2 N–H and O–H groups in total. The quantitative estimate of drug-likeness (QED) is 0.492. The SMILES string of the molecule is CS(=O)(=O)C(Cl)C(=O)c1cccc(N)c1. The summed E-state index contributed by atoms with van der Waals surface area (Å²) in [6.07, 6.45) is 0.912. The molecule has 0 aromatic heterocycles. The molecule has 0 saturated carbocycles. The molecule has 0 aliphatic rings. The Balaban J connectivity index is 3.06. The summed E-state index contributed by atoms with van der Waals surface area (Å²) in [6, 6.07) is 6.02. The van der Waals surface area contributed by atoms with E-state index in [0.717, 1.165) is 6.26 Å². The van der Waals surface area contributed by atoms with E-state index >= 15 is 0 Å². The topological polar surface area (TPSA) is 77.2 Å². The first-order chi connectivity index (χ1) is 6.82. The lowest BCUT2D eigenvalue weighted by atomic mass is 10.1. The third-order valence-corrected chi connectivity index (χ3v) is 3.89. The van der Waals surface area contributed by atoms with Crippen LogP contribution in [0.4, 0.5) is 5.69 Å². The van der Waals surface area contributed by atoms with Crippen molar-refractivity contribution in [1.29, 1.82) is 0 Å². The summed E-state index contributed by atoms with van der Waals surface area (Å²) in [6.45, 7) is 0. The number of rotatable bonds is 3. The molecule has 1 aromatic carbocycles. The maximum atomic E-state index is 11.6. The summed E-state index contributed by atoms with van der Waals surface area (Å²) >= 11 is 5.52. The smallest absolute Gasteiger partial charge is 0.197 e. The number of hydrogen-bond donors (Lipinski definition) is 1. The van der Waals surface area contributed by atoms with Crippen LogP contribution in [0.1, 0.15) is 10.4 Å². The van der Waals surface area contributed by atoms with Crippen LogP contribution in [-0.2, 0) is 9.84 Å². The molecule has 1 unspecified atom stereocenters. The molecule has 1 atom stereocenters. The van der Waals surface area contributed by atoms with Crippen molar-refractivity contribution < 1.29 is 13.2 Å². The number of nitrogens with two attached hydrogens (primary N) is 1. The van der Waals surface area contributed by atoms with Crippen LogP contribution < -0.4 is 5.73 Å². The van der Waals surface area contributed by atoms with Gasteiger partial charge in [-0.15, -0.1) is 0 Å². The van der Waals surface area contributed by atoms with Crippen LogP contribution in [0.5, 0.6) is 0 Å². The molecule has 0 heterocycles. The van der Waals surface area contributed by atoms with Gasteiger partial charge in [0, 0.05) is 17.5 Å². The van der Waals surface area contributed by atoms with Gasteiger partial charge in [0.05, 0.1) is 0 Å². The zero-order valence-corrected chi connectivity index (χ0v) is 9.55. The molecule has 0 aliphatic carbocycles. The molecule has 1 aromatic rings. The van der Waals surface area contributed by atoms with Crippen molar-refractivity contribution in [1.82, 2.24) is 0 Å². The van der Waals surface area contributed by atoms with E-state index in [1.54, 1.807) is 12.1 Å². The lowest BCUT2D eigenvalue weighted by Gasteiger charge is -2.06. The van der Waals surface area contributed by atoms with Crippen LogP contribution >= 0.6 is 11.6 Å². The highest BCUT2D eigenvalue weighted by molar-refractivity contribution is 7.93. The van der Waals surface area contributed by atoms with Crippen molar-refractivity contribution in [2.75, 3.05) is 12.0 Å². The van der Waals surface area contributed by atoms with E-state index in [9.17, 15) is 13.2 Å². The number of benzene rings is 1. The average Bonchev–Trinajstić information content (AvgIpc) is 2.14. The fourth-order valence-corrected chi connectivity index (χ4v) is 1.67. The first kappa shape index (κ1) is 12.0. The molecule has 0 spiro atoms. The molecule has 1 rings (SSSR count). The molecule has 0 saturated heterocycles. The van der Waals surface area contributed by atoms with Gasteiger partial charge in [-0.05, 0) is 12.1 Å². The molecule has 0 aliphatic heterocycles. The minimum atomic E-state index is -3.59. The van der Waals surface area contributed by atoms with E-state index in [1.165, 1.54) is 12.1 Å². The molecule has 15 heavy (non-hydrogen) atoms. The number of anilines is 1. The zero-order chi connectivity index (χ0) is 11.6. The lowest BCUT2D eigenvalue weighted by Crippen LogP contribution is -2.23. The molecular formula is C9H10ClNO3S. The maximum Gasteiger partial charge on any atom is 0.197 e. The van der Waals surface area contributed by atoms with Crippen molar-refractivity contribution >= 4 is 32.9 Å². The Labute approximate surface area is 93.0 Å². The van der Waals surface area contributed by atoms with Crippen molar-refractivity contribution in [3.63, 3.8) is 0 Å². The van der Waals surface area contributed by atoms with Gasteiger partial charge in [0.25, 0.3) is 0 Å². The highest BCUT2D eigenvalue weighted by atomic mass is 35.5. The van der Waals surface area contributed by atoms with Crippen LogP contribution in [0.15, 0.2) is 24.3 Å². The summed E-state index contributed by atoms with van der Waals surface area (Å²) in [4.78, 5) is 11.6. The molecule has 0 fully saturated rings. The first-order valence-electron chi connectivity index (χ1n) is 4.05. The van der Waals surface area contributed by atoms with Crippen molar-refractivity contribution in [3.8, 4) is 0 Å². The Morgan fingerprint density at radius 2 is 2.07 bits per heavy atom. The lowest BCUT2D eigenvalue weighted by molar-refractivity contribution is 0.101. The van der Waals surface area contributed by atoms with E-state index in [1.807, 2.05) is 0 Å². The fourth-order valence-electron chi connectivity index (χ4n) is 1.02. The molecule has 82 valence electrons. The summed E-state index contributed by atoms with van der Waals surface area (Å²) in [7, 11) is -3.59. The van der Waals surface area contributed by atoms with Crippen LogP contribution in [-0.4, -0.2) is 25.2 Å². The summed E-state index contributed by atoms with van der Waals surface area (Å²) < 4.78 is 20.5. The van der Waals surface area contributed by atoms with E-state index in [0.29, 0.717) is 5.69 Å². The monoisotopic (exact) mass is 247 g/mol. The van der Waals surface area contributed by atoms with E-state index in [4.69, 9.17) is 17.3 Å². The molecule has 0 radical (unpaired) electrons. The summed E-state index contributed by atoms with van der Waals surface area (Å²) in [5, 5.41) is 0. The third kappa shape index (κ3) is 2.94. The number of carbonyl (C=O) groups is 1. The number of nitrogen functional groups attached to an aromatic ring is 1. The summed E-state index contributed by atoms with van der Waals surface area (Å²) in [5.74, 6) is -0.661. The van der Waals surface area contributed by atoms with E-state index in [2.05, 4.69) is 0 Å². The normalized spacial score (nSPS) is 13.5. The van der Waals surface area contributed by atoms with Gasteiger partial charge in [-0.3, -0.25) is 4.79 Å². The molecule has 6 heteroatoms. The largest absolute Gasteiger partial charge is 0.399 e. The predicted octanol–water partition coefficient (Wildman–Crippen LogP) is 1.06. The Hall–Kier alpha value is -1.07. The Morgan fingerprint density at radius 1 is 1.47 bits per heavy atom. The van der Waals surface area contributed by atoms with E-state index < -0.39 is 20.3 Å². The second kappa shape index (κ2) is 4.20. The van der Waals surface area contributed by atoms with Gasteiger partial charge < -0.3 is 5.73 Å². The number of sulfone groups is 1. The molecule has 0 amide bonds. The average molecular weight is 248 g/mol. The van der Waals surface area contributed by atoms with Gasteiger partial charge in [0.2, 0.25) is 0 Å². The zero-order valence-electron chi connectivity index (χ0n) is 7.98. The van der Waals surface area contributed by atoms with Gasteiger partial charge in [-0.25, -0.2) is 8.42 Å². The van der Waals surface area contributed by atoms with Crippen molar-refractivity contribution in [2.45, 2.75) is 4.71 Å². The Bertz CT molecular complexity index is 484. The second-order valence-electron chi connectivity index (χ2n) is 3.14. The van der Waals surface area contributed by atoms with Gasteiger partial charge in [0.1, 0.15) is 0 Å². The number of Topliss-reactive ketones (excluding diaryl/α,β-unsaturated/α-hetero) is 1. The number of ketones is 1. The number of carbonyl (C=O) groups excluding carboxylic acids is 1. The summed E-state index contributed by atoms with van der Waals surface area (Å²) in [5.41, 5.74) is 6.04.